The van der Waals surface area contributed by atoms with Crippen molar-refractivity contribution in [1.29, 1.82) is 0 Å². The molecule has 2 N–H and O–H groups in total. The molecule has 0 spiro atoms. The molecule has 0 bridgehead atoms. The lowest BCUT2D eigenvalue weighted by Crippen LogP contribution is -2.33. The van der Waals surface area contributed by atoms with Crippen LogP contribution in [0.4, 0.5) is 5.69 Å². The number of Topliss-reactive ketones (excluding diaryl/α,β-unsaturated/α-hetero) is 1. The number of nitrogens with one attached hydrogen (secondary N) is 2. The van der Waals surface area contributed by atoms with Gasteiger partial charge in [-0.2, -0.15) is 0 Å². The summed E-state index contributed by atoms with van der Waals surface area (Å²) in [5, 5.41) is 13.2. The second kappa shape index (κ2) is 5.61. The fourth-order valence-electron chi connectivity index (χ4n) is 1.91. The minimum absolute atomic E-state index is 0.0227. The third kappa shape index (κ3) is 3.38. The van der Waals surface area contributed by atoms with Gasteiger partial charge in [-0.15, -0.1) is 0 Å². The lowest BCUT2D eigenvalue weighted by atomic mass is 10.2. The van der Waals surface area contributed by atoms with Crippen molar-refractivity contribution in [2.24, 2.45) is 0 Å². The van der Waals surface area contributed by atoms with Crippen LogP contribution in [0.1, 0.15) is 16.9 Å². The summed E-state index contributed by atoms with van der Waals surface area (Å²) in [5.74, 6) is -0.243. The highest BCUT2D eigenvalue weighted by Gasteiger charge is 2.19. The van der Waals surface area contributed by atoms with Gasteiger partial charge in [-0.3, -0.25) is 24.6 Å². The lowest BCUT2D eigenvalue weighted by Gasteiger charge is -2.17. The number of nitro groups is 1. The maximum atomic E-state index is 11.9. The molecule has 1 saturated heterocycles. The van der Waals surface area contributed by atoms with Crippen LogP contribution in [0.3, 0.4) is 0 Å². The van der Waals surface area contributed by atoms with Crippen LogP contribution in [-0.4, -0.2) is 52.7 Å². The molecule has 8 nitrogen and oxygen atoms in total. The van der Waals surface area contributed by atoms with Crippen LogP contribution in [0.15, 0.2) is 12.3 Å². The molecule has 1 aliphatic rings. The molecule has 19 heavy (non-hydrogen) atoms. The number of hydrogen-bond acceptors (Lipinski definition) is 5. The van der Waals surface area contributed by atoms with Crippen molar-refractivity contribution in [1.82, 2.24) is 15.2 Å². The number of aromatic amines is 1. The zero-order valence-corrected chi connectivity index (χ0v) is 10.2. The smallest absolute Gasteiger partial charge is 0.287 e. The van der Waals surface area contributed by atoms with Crippen molar-refractivity contribution in [2.45, 2.75) is 6.42 Å². The number of nitrogens with zero attached hydrogens (tertiary/aromatic N) is 2. The van der Waals surface area contributed by atoms with E-state index in [0.29, 0.717) is 26.1 Å². The summed E-state index contributed by atoms with van der Waals surface area (Å²) in [5.41, 5.74) is 0.0892. The van der Waals surface area contributed by atoms with Gasteiger partial charge in [0.05, 0.1) is 23.4 Å². The van der Waals surface area contributed by atoms with Gasteiger partial charge in [0.1, 0.15) is 0 Å². The zero-order chi connectivity index (χ0) is 13.8. The van der Waals surface area contributed by atoms with Crippen LogP contribution >= 0.6 is 0 Å². The first-order valence-corrected chi connectivity index (χ1v) is 5.91. The van der Waals surface area contributed by atoms with Gasteiger partial charge in [-0.05, 0) is 0 Å². The van der Waals surface area contributed by atoms with Gasteiger partial charge >= 0.3 is 0 Å². The van der Waals surface area contributed by atoms with Crippen LogP contribution in [0, 0.1) is 10.1 Å². The minimum atomic E-state index is -0.554. The van der Waals surface area contributed by atoms with E-state index < -0.39 is 4.92 Å². The zero-order valence-electron chi connectivity index (χ0n) is 10.2. The molecule has 1 fully saturated rings. The van der Waals surface area contributed by atoms with Crippen molar-refractivity contribution in [3.8, 4) is 0 Å². The van der Waals surface area contributed by atoms with E-state index in [9.17, 15) is 19.7 Å². The van der Waals surface area contributed by atoms with Crippen molar-refractivity contribution < 1.29 is 14.5 Å². The quantitative estimate of drug-likeness (QED) is 0.450. The maximum absolute atomic E-state index is 11.9. The van der Waals surface area contributed by atoms with E-state index in [2.05, 4.69) is 10.3 Å². The normalized spacial score (nSPS) is 16.7. The van der Waals surface area contributed by atoms with E-state index >= 15 is 0 Å². The number of amides is 1. The first-order chi connectivity index (χ1) is 9.06. The number of carbonyl (C=O) groups is 2. The topological polar surface area (TPSA) is 108 Å². The Morgan fingerprint density at radius 1 is 1.47 bits per heavy atom. The summed E-state index contributed by atoms with van der Waals surface area (Å²) >= 11 is 0. The molecule has 0 aromatic carbocycles. The summed E-state index contributed by atoms with van der Waals surface area (Å²) in [4.78, 5) is 37.5. The minimum Gasteiger partial charge on any atom is -0.355 e. The standard InChI is InChI=1S/C11H14N4O4/c16-10(9-5-8(6-13-9)15(18)19)7-14-3-1-11(17)12-2-4-14/h5-6,13H,1-4,7H2,(H,12,17). The van der Waals surface area contributed by atoms with Crippen molar-refractivity contribution in [3.63, 3.8) is 0 Å². The van der Waals surface area contributed by atoms with Gasteiger partial charge in [-0.1, -0.05) is 0 Å². The predicted octanol–water partition coefficient (Wildman–Crippen LogP) is -0.0725. The highest BCUT2D eigenvalue weighted by atomic mass is 16.6. The molecule has 1 amide bonds. The molecule has 102 valence electrons. The van der Waals surface area contributed by atoms with Gasteiger partial charge in [0.25, 0.3) is 5.69 Å². The summed E-state index contributed by atoms with van der Waals surface area (Å²) in [7, 11) is 0. The largest absolute Gasteiger partial charge is 0.355 e. The Kier molecular flexibility index (Phi) is 3.91. The average molecular weight is 266 g/mol. The molecule has 0 atom stereocenters. The number of carbonyl (C=O) groups excluding carboxylic acids is 2. The SMILES string of the molecule is O=C1CCN(CC(=O)c2cc([N+](=O)[O-])c[nH]2)CCN1. The highest BCUT2D eigenvalue weighted by Crippen LogP contribution is 2.13. The van der Waals surface area contributed by atoms with Gasteiger partial charge in [0, 0.05) is 32.1 Å². The maximum Gasteiger partial charge on any atom is 0.287 e. The van der Waals surface area contributed by atoms with Crippen LogP contribution < -0.4 is 5.32 Å². The van der Waals surface area contributed by atoms with Gasteiger partial charge in [0.15, 0.2) is 5.78 Å². The van der Waals surface area contributed by atoms with Gasteiger partial charge in [0.2, 0.25) is 5.91 Å². The second-order valence-corrected chi connectivity index (χ2v) is 4.33. The van der Waals surface area contributed by atoms with E-state index in [1.165, 1.54) is 12.3 Å². The van der Waals surface area contributed by atoms with Crippen molar-refractivity contribution >= 4 is 17.4 Å². The molecule has 2 heterocycles. The van der Waals surface area contributed by atoms with Crippen LogP contribution in [0.2, 0.25) is 0 Å². The molecule has 0 radical (unpaired) electrons. The molecule has 0 unspecified atom stereocenters. The van der Waals surface area contributed by atoms with Crippen molar-refractivity contribution in [3.05, 3.63) is 28.1 Å². The predicted molar refractivity (Wildman–Crippen MR) is 65.8 cm³/mol. The number of aromatic nitrogens is 1. The fraction of sp³-hybridized carbons (Fsp3) is 0.455. The van der Waals surface area contributed by atoms with Crippen LogP contribution in [0.25, 0.3) is 0 Å². The molecule has 0 aliphatic carbocycles. The summed E-state index contributed by atoms with van der Waals surface area (Å²) < 4.78 is 0. The number of hydrogen-bond donors (Lipinski definition) is 2. The summed E-state index contributed by atoms with van der Waals surface area (Å²) in [6.07, 6.45) is 1.55. The second-order valence-electron chi connectivity index (χ2n) is 4.33. The Hall–Kier alpha value is -2.22. The van der Waals surface area contributed by atoms with Crippen LogP contribution in [-0.2, 0) is 4.79 Å². The monoisotopic (exact) mass is 266 g/mol. The Morgan fingerprint density at radius 2 is 2.26 bits per heavy atom. The Balaban J connectivity index is 1.96. The van der Waals surface area contributed by atoms with Crippen molar-refractivity contribution in [2.75, 3.05) is 26.2 Å². The van der Waals surface area contributed by atoms with E-state index in [4.69, 9.17) is 0 Å². The fourth-order valence-corrected chi connectivity index (χ4v) is 1.91. The van der Waals surface area contributed by atoms with Crippen LogP contribution in [0.5, 0.6) is 0 Å². The molecule has 1 aliphatic heterocycles. The molecule has 1 aromatic heterocycles. The van der Waals surface area contributed by atoms with Gasteiger partial charge in [-0.25, -0.2) is 0 Å². The molecule has 2 rings (SSSR count). The molecule has 1 aromatic rings. The summed E-state index contributed by atoms with van der Waals surface area (Å²) in [6, 6.07) is 1.23. The Bertz CT molecular complexity index is 511. The third-order valence-corrected chi connectivity index (χ3v) is 2.95. The Morgan fingerprint density at radius 3 is 2.95 bits per heavy atom. The van der Waals surface area contributed by atoms with E-state index in [-0.39, 0.29) is 29.6 Å². The third-order valence-electron chi connectivity index (χ3n) is 2.95. The highest BCUT2D eigenvalue weighted by molar-refractivity contribution is 5.96. The van der Waals surface area contributed by atoms with E-state index in [1.807, 2.05) is 4.90 Å². The molecular formula is C11H14N4O4. The number of rotatable bonds is 4. The molecular weight excluding hydrogens is 252 g/mol. The Labute approximate surface area is 108 Å². The number of ketones is 1. The lowest BCUT2D eigenvalue weighted by molar-refractivity contribution is -0.384. The first kappa shape index (κ1) is 13.2. The molecule has 0 saturated carbocycles. The van der Waals surface area contributed by atoms with E-state index in [0.717, 1.165) is 0 Å². The van der Waals surface area contributed by atoms with Gasteiger partial charge < -0.3 is 10.3 Å². The van der Waals surface area contributed by atoms with E-state index in [1.54, 1.807) is 0 Å². The molecule has 8 heteroatoms. The number of H-pyrrole nitrogens is 1. The first-order valence-electron chi connectivity index (χ1n) is 5.91. The summed E-state index contributed by atoms with van der Waals surface area (Å²) in [6.45, 7) is 1.77. The average Bonchev–Trinajstić information content (AvgIpc) is 2.77.